The number of carbonyl (C=O) groups is 3. The summed E-state index contributed by atoms with van der Waals surface area (Å²) in [6.07, 6.45) is 4.43. The van der Waals surface area contributed by atoms with E-state index in [0.717, 1.165) is 32.2 Å². The van der Waals surface area contributed by atoms with Gasteiger partial charge in [0.15, 0.2) is 0 Å². The van der Waals surface area contributed by atoms with Crippen LogP contribution in [0.1, 0.15) is 55.7 Å². The second-order valence-corrected chi connectivity index (χ2v) is 8.93. The number of hydrogen-bond acceptors (Lipinski definition) is 6. The number of aryl methyl sites for hydroxylation is 1. The number of nitrogens with one attached hydrogen (secondary N) is 4. The molecule has 0 radical (unpaired) electrons. The third-order valence-electron chi connectivity index (χ3n) is 6.89. The molecule has 9 nitrogen and oxygen atoms in total. The fourth-order valence-electron chi connectivity index (χ4n) is 5.15. The first-order valence-corrected chi connectivity index (χ1v) is 11.7. The molecule has 2 aliphatic heterocycles. The predicted octanol–water partition coefficient (Wildman–Crippen LogP) is -0.130. The van der Waals surface area contributed by atoms with E-state index in [1.165, 1.54) is 11.1 Å². The van der Waals surface area contributed by atoms with Gasteiger partial charge in [0.1, 0.15) is 18.2 Å². The normalized spacial score (nSPS) is 28.7. The second kappa shape index (κ2) is 9.97. The van der Waals surface area contributed by atoms with Crippen LogP contribution in [0.5, 0.6) is 0 Å². The van der Waals surface area contributed by atoms with Gasteiger partial charge in [0, 0.05) is 0 Å². The van der Waals surface area contributed by atoms with E-state index in [-0.39, 0.29) is 24.0 Å². The molecule has 2 saturated heterocycles. The lowest BCUT2D eigenvalue weighted by atomic mass is 9.87. The van der Waals surface area contributed by atoms with Gasteiger partial charge in [-0.3, -0.25) is 25.0 Å². The summed E-state index contributed by atoms with van der Waals surface area (Å²) in [6.45, 7) is 0.725. The number of fused-ring (bicyclic) bond motifs is 2. The van der Waals surface area contributed by atoms with Crippen LogP contribution in [-0.4, -0.2) is 60.6 Å². The Morgan fingerprint density at radius 3 is 2.69 bits per heavy atom. The van der Waals surface area contributed by atoms with Gasteiger partial charge in [-0.05, 0) is 69.7 Å². The lowest BCUT2D eigenvalue weighted by Gasteiger charge is -2.36. The average Bonchev–Trinajstić information content (AvgIpc) is 3.22. The summed E-state index contributed by atoms with van der Waals surface area (Å²) in [5.41, 5.74) is 8.20. The van der Waals surface area contributed by atoms with Crippen molar-refractivity contribution in [1.29, 1.82) is 0 Å². The van der Waals surface area contributed by atoms with E-state index < -0.39 is 24.2 Å². The Morgan fingerprint density at radius 2 is 1.88 bits per heavy atom. The smallest absolute Gasteiger partial charge is 0.252 e. The van der Waals surface area contributed by atoms with E-state index in [0.29, 0.717) is 19.3 Å². The monoisotopic (exact) mass is 442 g/mol. The maximum atomic E-state index is 13.5. The fraction of sp³-hybridized carbons (Fsp3) is 0.609. The van der Waals surface area contributed by atoms with Gasteiger partial charge in [0.25, 0.3) is 5.91 Å². The fourth-order valence-corrected chi connectivity index (χ4v) is 5.15. The molecule has 5 atom stereocenters. The summed E-state index contributed by atoms with van der Waals surface area (Å²) in [4.78, 5) is 40.8. The topological polar surface area (TPSA) is 129 Å². The van der Waals surface area contributed by atoms with E-state index in [4.69, 9.17) is 5.73 Å². The van der Waals surface area contributed by atoms with Gasteiger partial charge in [0.2, 0.25) is 11.8 Å². The summed E-state index contributed by atoms with van der Waals surface area (Å²) in [5.74, 6) is -0.766. The van der Waals surface area contributed by atoms with Crippen LogP contribution in [0, 0.1) is 0 Å². The van der Waals surface area contributed by atoms with Crippen LogP contribution < -0.4 is 27.0 Å². The molecule has 2 fully saturated rings. The SMILES string of the molecule is CN[C@@H](N)C(=O)N[C@H]1CCCNC2CCC(C(=O)N[C@@H]3CCCc4ccccc43)N2C1=O. The summed E-state index contributed by atoms with van der Waals surface area (Å²) < 4.78 is 0. The van der Waals surface area contributed by atoms with E-state index in [1.807, 2.05) is 12.1 Å². The molecule has 0 saturated carbocycles. The molecule has 174 valence electrons. The Balaban J connectivity index is 1.49. The summed E-state index contributed by atoms with van der Waals surface area (Å²) in [7, 11) is 1.59. The molecule has 32 heavy (non-hydrogen) atoms. The second-order valence-electron chi connectivity index (χ2n) is 8.93. The zero-order valence-corrected chi connectivity index (χ0v) is 18.6. The van der Waals surface area contributed by atoms with E-state index >= 15 is 0 Å². The maximum Gasteiger partial charge on any atom is 0.252 e. The zero-order valence-electron chi connectivity index (χ0n) is 18.6. The highest BCUT2D eigenvalue weighted by molar-refractivity contribution is 5.93. The Hall–Kier alpha value is -2.49. The van der Waals surface area contributed by atoms with Gasteiger partial charge in [-0.25, -0.2) is 0 Å². The number of hydrogen-bond donors (Lipinski definition) is 5. The minimum atomic E-state index is -0.883. The largest absolute Gasteiger partial charge is 0.347 e. The van der Waals surface area contributed by atoms with Gasteiger partial charge < -0.3 is 21.3 Å². The average molecular weight is 443 g/mol. The molecule has 3 aliphatic rings. The number of carbonyl (C=O) groups excluding carboxylic acids is 3. The van der Waals surface area contributed by atoms with E-state index in [2.05, 4.69) is 33.4 Å². The highest BCUT2D eigenvalue weighted by Crippen LogP contribution is 2.31. The first-order chi connectivity index (χ1) is 15.5. The van der Waals surface area contributed by atoms with Crippen LogP contribution in [0.2, 0.25) is 0 Å². The van der Waals surface area contributed by atoms with E-state index in [9.17, 15) is 14.4 Å². The predicted molar refractivity (Wildman–Crippen MR) is 120 cm³/mol. The van der Waals surface area contributed by atoms with Gasteiger partial charge in [-0.1, -0.05) is 24.3 Å². The molecule has 1 aromatic rings. The Kier molecular flexibility index (Phi) is 7.07. The van der Waals surface area contributed by atoms with Crippen molar-refractivity contribution in [3.63, 3.8) is 0 Å². The maximum absolute atomic E-state index is 13.5. The molecule has 1 aromatic carbocycles. The molecule has 3 amide bonds. The van der Waals surface area contributed by atoms with Crippen LogP contribution in [0.15, 0.2) is 24.3 Å². The van der Waals surface area contributed by atoms with Crippen LogP contribution in [-0.2, 0) is 20.8 Å². The summed E-state index contributed by atoms with van der Waals surface area (Å²) in [5, 5.41) is 12.1. The highest BCUT2D eigenvalue weighted by Gasteiger charge is 2.44. The number of nitrogens with zero attached hydrogens (tertiary/aromatic N) is 1. The van der Waals surface area contributed by atoms with Gasteiger partial charge in [-0.15, -0.1) is 0 Å². The lowest BCUT2D eigenvalue weighted by molar-refractivity contribution is -0.145. The quantitative estimate of drug-likeness (QED) is 0.404. The standard InChI is InChI=1S/C23H34N6O3/c1-25-20(24)22(31)28-17-10-5-13-26-19-12-11-18(29(19)23(17)32)21(30)27-16-9-4-7-14-6-2-3-8-15(14)16/h2-3,6,8,16-20,25-26H,4-5,7,9-13,24H2,1H3,(H,27,30)(H,28,31)/t16-,17+,18?,19?,20-/m1/s1. The number of likely N-dealkylation sites (N-methyl/N-ethyl adjacent to an activating group) is 1. The molecule has 4 rings (SSSR count). The van der Waals surface area contributed by atoms with Gasteiger partial charge in [0.05, 0.1) is 12.2 Å². The number of amides is 3. The van der Waals surface area contributed by atoms with E-state index in [1.54, 1.807) is 11.9 Å². The van der Waals surface area contributed by atoms with Gasteiger partial charge >= 0.3 is 0 Å². The lowest BCUT2D eigenvalue weighted by Crippen LogP contribution is -2.61. The third-order valence-corrected chi connectivity index (χ3v) is 6.89. The van der Waals surface area contributed by atoms with Crippen molar-refractivity contribution in [2.24, 2.45) is 5.73 Å². The summed E-state index contributed by atoms with van der Waals surface area (Å²) in [6, 6.07) is 6.96. The first-order valence-electron chi connectivity index (χ1n) is 11.7. The molecule has 6 N–H and O–H groups in total. The number of nitrogens with two attached hydrogens (primary N) is 1. The van der Waals surface area contributed by atoms with Gasteiger partial charge in [-0.2, -0.15) is 0 Å². The van der Waals surface area contributed by atoms with Crippen LogP contribution in [0.3, 0.4) is 0 Å². The molecule has 0 spiro atoms. The molecule has 2 unspecified atom stereocenters. The highest BCUT2D eigenvalue weighted by atomic mass is 16.2. The molecule has 0 aromatic heterocycles. The van der Waals surface area contributed by atoms with Crippen molar-refractivity contribution >= 4 is 17.7 Å². The zero-order chi connectivity index (χ0) is 22.7. The van der Waals surface area contributed by atoms with Crippen molar-refractivity contribution in [3.05, 3.63) is 35.4 Å². The van der Waals surface area contributed by atoms with Crippen molar-refractivity contribution in [1.82, 2.24) is 26.2 Å². The molecular weight excluding hydrogens is 408 g/mol. The molecule has 1 aliphatic carbocycles. The van der Waals surface area contributed by atoms with Crippen molar-refractivity contribution in [3.8, 4) is 0 Å². The molecular formula is C23H34N6O3. The molecule has 0 bridgehead atoms. The Morgan fingerprint density at radius 1 is 1.09 bits per heavy atom. The third kappa shape index (κ3) is 4.65. The van der Waals surface area contributed by atoms with Crippen LogP contribution in [0.4, 0.5) is 0 Å². The van der Waals surface area contributed by atoms with Crippen molar-refractivity contribution < 1.29 is 14.4 Å². The van der Waals surface area contributed by atoms with Crippen molar-refractivity contribution in [2.75, 3.05) is 13.6 Å². The molecule has 9 heteroatoms. The van der Waals surface area contributed by atoms with Crippen molar-refractivity contribution in [2.45, 2.75) is 75.4 Å². The number of rotatable bonds is 5. The minimum Gasteiger partial charge on any atom is -0.347 e. The minimum absolute atomic E-state index is 0.0338. The van der Waals surface area contributed by atoms with Crippen LogP contribution in [0.25, 0.3) is 0 Å². The summed E-state index contributed by atoms with van der Waals surface area (Å²) >= 11 is 0. The number of benzene rings is 1. The van der Waals surface area contributed by atoms with Crippen LogP contribution >= 0.6 is 0 Å². The molecule has 2 heterocycles. The first kappa shape index (κ1) is 22.7. The Labute approximate surface area is 188 Å². The Bertz CT molecular complexity index is 862.